The predicted octanol–water partition coefficient (Wildman–Crippen LogP) is 2.83. The van der Waals surface area contributed by atoms with Crippen LogP contribution in [-0.2, 0) is 4.79 Å². The standard InChI is InChI=1S/C16H27N3O2.2ClH/c1-12(2)9-16(3,11-17)19-15(20)10-18-13-7-5-6-8-14(13)21-4;;/h5-8,12,18H,9-11,17H2,1-4H3,(H,19,20);2*1H. The van der Waals surface area contributed by atoms with Crippen LogP contribution in [0.1, 0.15) is 27.2 Å². The van der Waals surface area contributed by atoms with Crippen LogP contribution >= 0.6 is 24.8 Å². The summed E-state index contributed by atoms with van der Waals surface area (Å²) in [6.45, 7) is 6.83. The third-order valence-corrected chi connectivity index (χ3v) is 3.30. The maximum absolute atomic E-state index is 12.1. The molecule has 7 heteroatoms. The van der Waals surface area contributed by atoms with Gasteiger partial charge >= 0.3 is 0 Å². The van der Waals surface area contributed by atoms with Crippen molar-refractivity contribution in [3.63, 3.8) is 0 Å². The summed E-state index contributed by atoms with van der Waals surface area (Å²) in [5.41, 5.74) is 6.23. The number of carbonyl (C=O) groups is 1. The summed E-state index contributed by atoms with van der Waals surface area (Å²) in [5.74, 6) is 1.12. The highest BCUT2D eigenvalue weighted by Gasteiger charge is 2.25. The summed E-state index contributed by atoms with van der Waals surface area (Å²) >= 11 is 0. The number of ether oxygens (including phenoxy) is 1. The van der Waals surface area contributed by atoms with E-state index in [9.17, 15) is 4.79 Å². The van der Waals surface area contributed by atoms with Crippen molar-refractivity contribution in [2.24, 2.45) is 11.7 Å². The van der Waals surface area contributed by atoms with Crippen LogP contribution < -0.4 is 21.1 Å². The zero-order valence-corrected chi connectivity index (χ0v) is 15.9. The van der Waals surface area contributed by atoms with Gasteiger partial charge in [0.05, 0.1) is 19.3 Å². The summed E-state index contributed by atoms with van der Waals surface area (Å²) in [5, 5.41) is 6.10. The molecule has 1 aromatic rings. The molecule has 1 amide bonds. The topological polar surface area (TPSA) is 76.4 Å². The van der Waals surface area contributed by atoms with Crippen LogP contribution in [0.4, 0.5) is 5.69 Å². The normalized spacial score (nSPS) is 12.4. The van der Waals surface area contributed by atoms with Gasteiger partial charge in [0.25, 0.3) is 0 Å². The number of halogens is 2. The molecule has 0 aliphatic heterocycles. The molecule has 1 rings (SSSR count). The van der Waals surface area contributed by atoms with Crippen molar-refractivity contribution in [3.05, 3.63) is 24.3 Å². The molecule has 23 heavy (non-hydrogen) atoms. The maximum Gasteiger partial charge on any atom is 0.239 e. The minimum atomic E-state index is -0.367. The summed E-state index contributed by atoms with van der Waals surface area (Å²) in [6.07, 6.45) is 0.851. The van der Waals surface area contributed by atoms with Gasteiger partial charge in [0.1, 0.15) is 5.75 Å². The Hall–Kier alpha value is -1.17. The molecule has 0 fully saturated rings. The number of para-hydroxylation sites is 2. The van der Waals surface area contributed by atoms with Crippen molar-refractivity contribution >= 4 is 36.4 Å². The molecule has 1 unspecified atom stereocenters. The Labute approximate surface area is 151 Å². The number of carbonyl (C=O) groups excluding carboxylic acids is 1. The van der Waals surface area contributed by atoms with Crippen LogP contribution in [0.5, 0.6) is 5.75 Å². The van der Waals surface area contributed by atoms with Gasteiger partial charge in [-0.15, -0.1) is 24.8 Å². The zero-order chi connectivity index (χ0) is 15.9. The molecular formula is C16H29Cl2N3O2. The van der Waals surface area contributed by atoms with Crippen molar-refractivity contribution in [1.29, 1.82) is 0 Å². The molecule has 0 spiro atoms. The Balaban J connectivity index is 0. The first kappa shape index (κ1) is 24.1. The Kier molecular flexibility index (Phi) is 11.9. The fourth-order valence-corrected chi connectivity index (χ4v) is 2.43. The molecule has 0 aliphatic rings. The van der Waals surface area contributed by atoms with Crippen molar-refractivity contribution in [2.75, 3.05) is 25.5 Å². The maximum atomic E-state index is 12.1. The van der Waals surface area contributed by atoms with Crippen LogP contribution in [0.3, 0.4) is 0 Å². The fraction of sp³-hybridized carbons (Fsp3) is 0.562. The summed E-state index contributed by atoms with van der Waals surface area (Å²) in [6, 6.07) is 7.51. The first-order chi connectivity index (χ1) is 9.90. The number of amides is 1. The lowest BCUT2D eigenvalue weighted by molar-refractivity contribution is -0.121. The molecule has 0 bridgehead atoms. The monoisotopic (exact) mass is 365 g/mol. The Bertz CT molecular complexity index is 472. The molecule has 1 aromatic carbocycles. The second-order valence-corrected chi connectivity index (χ2v) is 5.96. The second kappa shape index (κ2) is 11.4. The van der Waals surface area contributed by atoms with E-state index in [2.05, 4.69) is 24.5 Å². The predicted molar refractivity (Wildman–Crippen MR) is 101 cm³/mol. The molecule has 0 saturated carbocycles. The largest absolute Gasteiger partial charge is 0.495 e. The van der Waals surface area contributed by atoms with Crippen LogP contribution in [0.2, 0.25) is 0 Å². The van der Waals surface area contributed by atoms with E-state index < -0.39 is 0 Å². The van der Waals surface area contributed by atoms with Crippen LogP contribution in [-0.4, -0.2) is 31.6 Å². The lowest BCUT2D eigenvalue weighted by atomic mass is 9.91. The van der Waals surface area contributed by atoms with E-state index in [1.54, 1.807) is 7.11 Å². The van der Waals surface area contributed by atoms with Gasteiger partial charge in [0.15, 0.2) is 0 Å². The molecule has 0 heterocycles. The van der Waals surface area contributed by atoms with Gasteiger partial charge in [0.2, 0.25) is 5.91 Å². The smallest absolute Gasteiger partial charge is 0.239 e. The van der Waals surface area contributed by atoms with E-state index in [4.69, 9.17) is 10.5 Å². The van der Waals surface area contributed by atoms with Crippen molar-refractivity contribution in [1.82, 2.24) is 5.32 Å². The van der Waals surface area contributed by atoms with Gasteiger partial charge in [-0.3, -0.25) is 4.79 Å². The summed E-state index contributed by atoms with van der Waals surface area (Å²) < 4.78 is 5.24. The molecule has 0 radical (unpaired) electrons. The lowest BCUT2D eigenvalue weighted by Gasteiger charge is -2.31. The highest BCUT2D eigenvalue weighted by Crippen LogP contribution is 2.22. The molecule has 1 atom stereocenters. The number of anilines is 1. The quantitative estimate of drug-likeness (QED) is 0.661. The average Bonchev–Trinajstić information content (AvgIpc) is 2.44. The van der Waals surface area contributed by atoms with Gasteiger partial charge in [-0.05, 0) is 31.4 Å². The van der Waals surface area contributed by atoms with Crippen molar-refractivity contribution in [2.45, 2.75) is 32.7 Å². The van der Waals surface area contributed by atoms with Gasteiger partial charge in [0, 0.05) is 12.1 Å². The molecule has 0 aliphatic carbocycles. The number of nitrogens with two attached hydrogens (primary N) is 1. The van der Waals surface area contributed by atoms with Crippen molar-refractivity contribution < 1.29 is 9.53 Å². The minimum absolute atomic E-state index is 0. The molecule has 4 N–H and O–H groups in total. The second-order valence-electron chi connectivity index (χ2n) is 5.96. The summed E-state index contributed by atoms with van der Waals surface area (Å²) in [7, 11) is 1.61. The zero-order valence-electron chi connectivity index (χ0n) is 14.2. The van der Waals surface area contributed by atoms with Crippen LogP contribution in [0.25, 0.3) is 0 Å². The lowest BCUT2D eigenvalue weighted by Crippen LogP contribution is -2.53. The molecule has 0 aromatic heterocycles. The number of benzene rings is 1. The molecule has 5 nitrogen and oxygen atoms in total. The number of nitrogens with one attached hydrogen (secondary N) is 2. The number of methoxy groups -OCH3 is 1. The Morgan fingerprint density at radius 1 is 1.30 bits per heavy atom. The first-order valence-corrected chi connectivity index (χ1v) is 7.28. The Morgan fingerprint density at radius 3 is 2.43 bits per heavy atom. The number of hydrogen-bond acceptors (Lipinski definition) is 4. The summed E-state index contributed by atoms with van der Waals surface area (Å²) in [4.78, 5) is 12.1. The number of hydrogen-bond donors (Lipinski definition) is 3. The van der Waals surface area contributed by atoms with Crippen LogP contribution in [0, 0.1) is 5.92 Å². The Morgan fingerprint density at radius 2 is 1.91 bits per heavy atom. The van der Waals surface area contributed by atoms with Gasteiger partial charge < -0.3 is 21.1 Å². The first-order valence-electron chi connectivity index (χ1n) is 7.28. The SMILES string of the molecule is COc1ccccc1NCC(=O)NC(C)(CN)CC(C)C.Cl.Cl. The number of rotatable bonds is 8. The van der Waals surface area contributed by atoms with Crippen molar-refractivity contribution in [3.8, 4) is 5.75 Å². The molecule has 134 valence electrons. The van der Waals surface area contributed by atoms with Gasteiger partial charge in [-0.1, -0.05) is 26.0 Å². The fourth-order valence-electron chi connectivity index (χ4n) is 2.43. The van der Waals surface area contributed by atoms with Gasteiger partial charge in [-0.2, -0.15) is 0 Å². The molecule has 0 saturated heterocycles. The third-order valence-electron chi connectivity index (χ3n) is 3.30. The van der Waals surface area contributed by atoms with Gasteiger partial charge in [-0.25, -0.2) is 0 Å². The van der Waals surface area contributed by atoms with E-state index in [0.717, 1.165) is 12.1 Å². The van der Waals surface area contributed by atoms with E-state index in [-0.39, 0.29) is 42.8 Å². The minimum Gasteiger partial charge on any atom is -0.495 e. The van der Waals surface area contributed by atoms with E-state index in [0.29, 0.717) is 18.2 Å². The van der Waals surface area contributed by atoms with Crippen LogP contribution in [0.15, 0.2) is 24.3 Å². The van der Waals surface area contributed by atoms with E-state index >= 15 is 0 Å². The average molecular weight is 366 g/mol. The molecular weight excluding hydrogens is 337 g/mol. The highest BCUT2D eigenvalue weighted by molar-refractivity contribution is 5.85. The third kappa shape index (κ3) is 8.30. The van der Waals surface area contributed by atoms with E-state index in [1.165, 1.54) is 0 Å². The highest BCUT2D eigenvalue weighted by atomic mass is 35.5. The van der Waals surface area contributed by atoms with E-state index in [1.807, 2.05) is 31.2 Å².